The van der Waals surface area contributed by atoms with Crippen LogP contribution in [0.4, 0.5) is 0 Å². The van der Waals surface area contributed by atoms with E-state index in [1.807, 2.05) is 36.4 Å². The highest BCUT2D eigenvalue weighted by atomic mass is 79.9. The lowest BCUT2D eigenvalue weighted by atomic mass is 10.1. The second kappa shape index (κ2) is 8.90. The minimum atomic E-state index is -0.625. The number of halogens is 1. The van der Waals surface area contributed by atoms with Gasteiger partial charge in [0.25, 0.3) is 0 Å². The standard InChI is InChI=1S/C19H16BrNO3/c1-2-23-19(22)16(12-21)10-15-8-9-18(17(20)11-15)24-13-14-6-4-3-5-7-14/h3-11H,2,13H2,1H3/b16-10+. The van der Waals surface area contributed by atoms with E-state index in [1.165, 1.54) is 6.08 Å². The monoisotopic (exact) mass is 385 g/mol. The van der Waals surface area contributed by atoms with Gasteiger partial charge in [0.2, 0.25) is 0 Å². The molecule has 2 aromatic carbocycles. The fourth-order valence-electron chi connectivity index (χ4n) is 1.97. The zero-order chi connectivity index (χ0) is 17.4. The summed E-state index contributed by atoms with van der Waals surface area (Å²) in [7, 11) is 0. The third kappa shape index (κ3) is 4.97. The number of nitrogens with zero attached hydrogens (tertiary/aromatic N) is 1. The van der Waals surface area contributed by atoms with Gasteiger partial charge in [0, 0.05) is 0 Å². The summed E-state index contributed by atoms with van der Waals surface area (Å²) in [6, 6.07) is 17.1. The fraction of sp³-hybridized carbons (Fsp3) is 0.158. The SMILES string of the molecule is CCOC(=O)/C(C#N)=C/c1ccc(OCc2ccccc2)c(Br)c1. The van der Waals surface area contributed by atoms with Crippen LogP contribution in [0.2, 0.25) is 0 Å². The van der Waals surface area contributed by atoms with Gasteiger partial charge in [-0.15, -0.1) is 0 Å². The van der Waals surface area contributed by atoms with Crippen molar-refractivity contribution < 1.29 is 14.3 Å². The third-order valence-electron chi connectivity index (χ3n) is 3.12. The van der Waals surface area contributed by atoms with Crippen LogP contribution in [0.1, 0.15) is 18.1 Å². The molecule has 0 heterocycles. The molecule has 24 heavy (non-hydrogen) atoms. The van der Waals surface area contributed by atoms with Crippen molar-refractivity contribution in [2.24, 2.45) is 0 Å². The van der Waals surface area contributed by atoms with Crippen LogP contribution in [0.15, 0.2) is 58.6 Å². The highest BCUT2D eigenvalue weighted by Gasteiger charge is 2.10. The van der Waals surface area contributed by atoms with Crippen molar-refractivity contribution in [3.8, 4) is 11.8 Å². The normalized spacial score (nSPS) is 10.8. The van der Waals surface area contributed by atoms with E-state index in [1.54, 1.807) is 25.1 Å². The van der Waals surface area contributed by atoms with Crippen molar-refractivity contribution in [2.75, 3.05) is 6.61 Å². The maximum Gasteiger partial charge on any atom is 0.348 e. The average Bonchev–Trinajstić information content (AvgIpc) is 2.60. The number of hydrogen-bond donors (Lipinski definition) is 0. The maximum absolute atomic E-state index is 11.6. The van der Waals surface area contributed by atoms with Crippen molar-refractivity contribution in [1.29, 1.82) is 5.26 Å². The summed E-state index contributed by atoms with van der Waals surface area (Å²) in [6.45, 7) is 2.39. The van der Waals surface area contributed by atoms with Gasteiger partial charge in [-0.05, 0) is 52.2 Å². The number of rotatable bonds is 6. The number of nitriles is 1. The summed E-state index contributed by atoms with van der Waals surface area (Å²) in [5, 5.41) is 9.06. The highest BCUT2D eigenvalue weighted by molar-refractivity contribution is 9.10. The molecule has 0 bridgehead atoms. The predicted octanol–water partition coefficient (Wildman–Crippen LogP) is 4.50. The zero-order valence-corrected chi connectivity index (χ0v) is 14.7. The van der Waals surface area contributed by atoms with Crippen LogP contribution >= 0.6 is 15.9 Å². The number of carbonyl (C=O) groups excluding carboxylic acids is 1. The first-order valence-corrected chi connectivity index (χ1v) is 8.18. The molecule has 122 valence electrons. The highest BCUT2D eigenvalue weighted by Crippen LogP contribution is 2.27. The Hall–Kier alpha value is -2.58. The van der Waals surface area contributed by atoms with Gasteiger partial charge in [-0.2, -0.15) is 5.26 Å². The molecule has 0 saturated heterocycles. The van der Waals surface area contributed by atoms with Gasteiger partial charge in [-0.3, -0.25) is 0 Å². The first kappa shape index (κ1) is 17.8. The Labute approximate surface area is 149 Å². The summed E-state index contributed by atoms with van der Waals surface area (Å²) in [4.78, 5) is 11.6. The van der Waals surface area contributed by atoms with E-state index in [9.17, 15) is 4.79 Å². The number of benzene rings is 2. The molecule has 0 unspecified atom stereocenters. The summed E-state index contributed by atoms with van der Waals surface area (Å²) in [6.07, 6.45) is 1.49. The zero-order valence-electron chi connectivity index (χ0n) is 13.2. The molecule has 4 nitrogen and oxygen atoms in total. The van der Waals surface area contributed by atoms with Gasteiger partial charge in [0.15, 0.2) is 0 Å². The lowest BCUT2D eigenvalue weighted by Crippen LogP contribution is -2.06. The second-order valence-corrected chi connectivity index (χ2v) is 5.71. The topological polar surface area (TPSA) is 59.3 Å². The van der Waals surface area contributed by atoms with Crippen LogP contribution in [0.25, 0.3) is 6.08 Å². The van der Waals surface area contributed by atoms with Gasteiger partial charge in [0.1, 0.15) is 24.0 Å². The molecule has 0 N–H and O–H groups in total. The van der Waals surface area contributed by atoms with Gasteiger partial charge in [-0.1, -0.05) is 36.4 Å². The molecule has 0 aliphatic rings. The second-order valence-electron chi connectivity index (χ2n) is 4.85. The molecule has 0 spiro atoms. The van der Waals surface area contributed by atoms with E-state index in [2.05, 4.69) is 15.9 Å². The smallest absolute Gasteiger partial charge is 0.348 e. The molecule has 0 fully saturated rings. The molecule has 5 heteroatoms. The Kier molecular flexibility index (Phi) is 6.59. The molecule has 0 saturated carbocycles. The van der Waals surface area contributed by atoms with Crippen molar-refractivity contribution in [1.82, 2.24) is 0 Å². The molecule has 2 rings (SSSR count). The quantitative estimate of drug-likeness (QED) is 0.417. The first-order chi connectivity index (χ1) is 11.6. The van der Waals surface area contributed by atoms with Crippen molar-refractivity contribution in [3.63, 3.8) is 0 Å². The largest absolute Gasteiger partial charge is 0.488 e. The van der Waals surface area contributed by atoms with Gasteiger partial charge < -0.3 is 9.47 Å². The van der Waals surface area contributed by atoms with Crippen LogP contribution in [-0.2, 0) is 16.1 Å². The van der Waals surface area contributed by atoms with E-state index in [0.29, 0.717) is 17.9 Å². The molecule has 0 aromatic heterocycles. The number of carbonyl (C=O) groups is 1. The van der Waals surface area contributed by atoms with Crippen LogP contribution in [0.3, 0.4) is 0 Å². The first-order valence-electron chi connectivity index (χ1n) is 7.39. The lowest BCUT2D eigenvalue weighted by Gasteiger charge is -2.09. The Morgan fingerprint density at radius 1 is 1.25 bits per heavy atom. The summed E-state index contributed by atoms with van der Waals surface area (Å²) < 4.78 is 11.4. The molecule has 0 aliphatic heterocycles. The van der Waals surface area contributed by atoms with Crippen LogP contribution in [0, 0.1) is 11.3 Å². The molecule has 0 radical (unpaired) electrons. The Morgan fingerprint density at radius 3 is 2.62 bits per heavy atom. The number of esters is 1. The van der Waals surface area contributed by atoms with Gasteiger partial charge >= 0.3 is 5.97 Å². The lowest BCUT2D eigenvalue weighted by molar-refractivity contribution is -0.137. The number of hydrogen-bond acceptors (Lipinski definition) is 4. The Morgan fingerprint density at radius 2 is 2.00 bits per heavy atom. The molecule has 0 aliphatic carbocycles. The van der Waals surface area contributed by atoms with E-state index < -0.39 is 5.97 Å². The van der Waals surface area contributed by atoms with Crippen molar-refractivity contribution >= 4 is 28.0 Å². The average molecular weight is 386 g/mol. The minimum Gasteiger partial charge on any atom is -0.488 e. The minimum absolute atomic E-state index is 0.0401. The molecule has 2 aromatic rings. The van der Waals surface area contributed by atoms with E-state index in [4.69, 9.17) is 14.7 Å². The molecule has 0 amide bonds. The summed E-state index contributed by atoms with van der Waals surface area (Å²) >= 11 is 3.45. The van der Waals surface area contributed by atoms with E-state index >= 15 is 0 Å². The van der Waals surface area contributed by atoms with Crippen molar-refractivity contribution in [2.45, 2.75) is 13.5 Å². The van der Waals surface area contributed by atoms with E-state index in [0.717, 1.165) is 10.0 Å². The molecular formula is C19H16BrNO3. The molecular weight excluding hydrogens is 370 g/mol. The molecule has 0 atom stereocenters. The van der Waals surface area contributed by atoms with Gasteiger partial charge in [0.05, 0.1) is 11.1 Å². The maximum atomic E-state index is 11.6. The summed E-state index contributed by atoms with van der Waals surface area (Å²) in [5.74, 6) is 0.0613. The fourth-order valence-corrected chi connectivity index (χ4v) is 2.48. The Bertz CT molecular complexity index is 779. The van der Waals surface area contributed by atoms with E-state index in [-0.39, 0.29) is 12.2 Å². The third-order valence-corrected chi connectivity index (χ3v) is 3.74. The number of ether oxygens (including phenoxy) is 2. The van der Waals surface area contributed by atoms with Crippen LogP contribution in [0.5, 0.6) is 5.75 Å². The predicted molar refractivity (Wildman–Crippen MR) is 95.1 cm³/mol. The van der Waals surface area contributed by atoms with Crippen molar-refractivity contribution in [3.05, 3.63) is 69.7 Å². The van der Waals surface area contributed by atoms with Gasteiger partial charge in [-0.25, -0.2) is 4.79 Å². The summed E-state index contributed by atoms with van der Waals surface area (Å²) in [5.41, 5.74) is 1.74. The Balaban J connectivity index is 2.11. The van der Waals surface area contributed by atoms with Crippen LogP contribution < -0.4 is 4.74 Å². The van der Waals surface area contributed by atoms with Crippen LogP contribution in [-0.4, -0.2) is 12.6 Å².